The Morgan fingerprint density at radius 3 is 3.20 bits per heavy atom. The molecule has 2 rings (SSSR count). The van der Waals surface area contributed by atoms with Crippen molar-refractivity contribution in [1.29, 1.82) is 0 Å². The fraction of sp³-hybridized carbons (Fsp3) is 0.444. The molecule has 6 heteroatoms. The summed E-state index contributed by atoms with van der Waals surface area (Å²) < 4.78 is 9.85. The van der Waals surface area contributed by atoms with Crippen molar-refractivity contribution >= 4 is 17.7 Å². The zero-order valence-corrected chi connectivity index (χ0v) is 9.21. The largest absolute Gasteiger partial charge is 0.467 e. The first-order valence-electron chi connectivity index (χ1n) is 4.33. The van der Waals surface area contributed by atoms with Crippen LogP contribution in [0.5, 0.6) is 0 Å². The van der Waals surface area contributed by atoms with Crippen LogP contribution >= 0.6 is 11.8 Å². The van der Waals surface area contributed by atoms with Crippen molar-refractivity contribution in [2.24, 2.45) is 9.98 Å². The van der Waals surface area contributed by atoms with Gasteiger partial charge in [0.05, 0.1) is 19.9 Å². The molecule has 0 fully saturated rings. The van der Waals surface area contributed by atoms with Gasteiger partial charge in [-0.3, -0.25) is 4.99 Å². The van der Waals surface area contributed by atoms with Crippen LogP contribution in [0.1, 0.15) is 0 Å². The summed E-state index contributed by atoms with van der Waals surface area (Å²) in [7, 11) is 1.34. The van der Waals surface area contributed by atoms with E-state index < -0.39 is 10.8 Å². The monoisotopic (exact) mass is 226 g/mol. The van der Waals surface area contributed by atoms with E-state index in [4.69, 9.17) is 9.15 Å². The highest BCUT2D eigenvalue weighted by Crippen LogP contribution is 2.26. The standard InChI is InChI=1S/C9H10N2O3S/c1-13-8(12)9(15-2)5-10-6-3-4-14-7(6)11-9/h3-4H,5H2,1-2H3. The van der Waals surface area contributed by atoms with Crippen molar-refractivity contribution in [3.8, 4) is 0 Å². The first-order valence-corrected chi connectivity index (χ1v) is 5.56. The third kappa shape index (κ3) is 1.54. The Kier molecular flexibility index (Phi) is 2.52. The molecule has 0 radical (unpaired) electrons. The van der Waals surface area contributed by atoms with Crippen LogP contribution < -0.4 is 10.9 Å². The SMILES string of the molecule is COC(=O)C1(SC)CN=c2ccoc2=N1. The van der Waals surface area contributed by atoms with E-state index in [0.29, 0.717) is 10.9 Å². The van der Waals surface area contributed by atoms with E-state index >= 15 is 0 Å². The number of esters is 1. The summed E-state index contributed by atoms with van der Waals surface area (Å²) in [6.07, 6.45) is 3.30. The summed E-state index contributed by atoms with van der Waals surface area (Å²) in [5.41, 5.74) is 0.390. The number of hydrogen-bond donors (Lipinski definition) is 0. The van der Waals surface area contributed by atoms with Crippen molar-refractivity contribution in [3.05, 3.63) is 23.2 Å². The van der Waals surface area contributed by atoms with Crippen LogP contribution in [0.2, 0.25) is 0 Å². The van der Waals surface area contributed by atoms with E-state index in [0.717, 1.165) is 0 Å². The Balaban J connectivity index is 2.53. The molecule has 1 unspecified atom stereocenters. The van der Waals surface area contributed by atoms with Gasteiger partial charge < -0.3 is 9.15 Å². The van der Waals surface area contributed by atoms with Crippen molar-refractivity contribution in [1.82, 2.24) is 0 Å². The topological polar surface area (TPSA) is 64.2 Å². The van der Waals surface area contributed by atoms with Gasteiger partial charge in [-0.15, -0.1) is 11.8 Å². The fourth-order valence-electron chi connectivity index (χ4n) is 1.35. The smallest absolute Gasteiger partial charge is 0.346 e. The second-order valence-corrected chi connectivity index (χ2v) is 4.10. The van der Waals surface area contributed by atoms with E-state index in [2.05, 4.69) is 9.98 Å². The first-order chi connectivity index (χ1) is 7.22. The molecule has 0 N–H and O–H groups in total. The van der Waals surface area contributed by atoms with E-state index in [9.17, 15) is 4.79 Å². The molecule has 0 saturated heterocycles. The Hall–Kier alpha value is -1.30. The van der Waals surface area contributed by atoms with Gasteiger partial charge in [0.25, 0.3) is 0 Å². The lowest BCUT2D eigenvalue weighted by molar-refractivity contribution is -0.143. The van der Waals surface area contributed by atoms with Crippen LogP contribution in [0.15, 0.2) is 26.7 Å². The lowest BCUT2D eigenvalue weighted by Crippen LogP contribution is -2.45. The number of thioether (sulfide) groups is 1. The molecule has 1 atom stereocenters. The fourth-order valence-corrected chi connectivity index (χ4v) is 1.97. The zero-order valence-electron chi connectivity index (χ0n) is 8.39. The van der Waals surface area contributed by atoms with Crippen LogP contribution in [-0.4, -0.2) is 30.8 Å². The molecule has 0 aromatic carbocycles. The van der Waals surface area contributed by atoms with Crippen LogP contribution in [0.4, 0.5) is 0 Å². The Labute approximate surface area is 90.2 Å². The maximum absolute atomic E-state index is 11.6. The summed E-state index contributed by atoms with van der Waals surface area (Å²) in [6.45, 7) is 0.285. The number of rotatable bonds is 2. The van der Waals surface area contributed by atoms with Crippen molar-refractivity contribution in [2.75, 3.05) is 19.9 Å². The number of methoxy groups -OCH3 is 1. The molecule has 1 aliphatic heterocycles. The molecule has 0 saturated carbocycles. The van der Waals surface area contributed by atoms with Gasteiger partial charge in [-0.25, -0.2) is 9.79 Å². The molecule has 1 aromatic heterocycles. The van der Waals surface area contributed by atoms with Gasteiger partial charge >= 0.3 is 5.97 Å². The zero-order chi connectivity index (χ0) is 10.9. The number of carbonyl (C=O) groups is 1. The lowest BCUT2D eigenvalue weighted by Gasteiger charge is -2.23. The maximum Gasteiger partial charge on any atom is 0.346 e. The van der Waals surface area contributed by atoms with Crippen LogP contribution in [0.3, 0.4) is 0 Å². The third-order valence-corrected chi connectivity index (χ3v) is 3.28. The molecule has 80 valence electrons. The quantitative estimate of drug-likeness (QED) is 0.653. The first kappa shape index (κ1) is 10.2. The molecule has 2 heterocycles. The van der Waals surface area contributed by atoms with Crippen LogP contribution in [-0.2, 0) is 9.53 Å². The highest BCUT2D eigenvalue weighted by Gasteiger charge is 2.40. The molecule has 0 spiro atoms. The van der Waals surface area contributed by atoms with E-state index in [1.807, 2.05) is 0 Å². The molecule has 0 aliphatic carbocycles. The molecule has 0 bridgehead atoms. The highest BCUT2D eigenvalue weighted by molar-refractivity contribution is 8.00. The van der Waals surface area contributed by atoms with Gasteiger partial charge in [-0.2, -0.15) is 0 Å². The van der Waals surface area contributed by atoms with Gasteiger partial charge in [-0.05, 0) is 6.26 Å². The normalized spacial score (nSPS) is 23.6. The third-order valence-electron chi connectivity index (χ3n) is 2.21. The van der Waals surface area contributed by atoms with Gasteiger partial charge in [0.15, 0.2) is 0 Å². The lowest BCUT2D eigenvalue weighted by atomic mass is 10.3. The summed E-state index contributed by atoms with van der Waals surface area (Å²) in [5.74, 6) is -0.402. The average molecular weight is 226 g/mol. The van der Waals surface area contributed by atoms with Crippen molar-refractivity contribution in [2.45, 2.75) is 4.87 Å². The molecule has 15 heavy (non-hydrogen) atoms. The minimum absolute atomic E-state index is 0.285. The van der Waals surface area contributed by atoms with Crippen LogP contribution in [0, 0.1) is 0 Å². The molecular formula is C9H10N2O3S. The second kappa shape index (κ2) is 3.69. The molecule has 1 aliphatic rings. The van der Waals surface area contributed by atoms with Gasteiger partial charge in [-0.1, -0.05) is 0 Å². The number of ether oxygens (including phenoxy) is 1. The second-order valence-electron chi connectivity index (χ2n) is 3.02. The minimum Gasteiger partial charge on any atom is -0.467 e. The van der Waals surface area contributed by atoms with Crippen LogP contribution in [0.25, 0.3) is 0 Å². The number of furan rings is 1. The predicted molar refractivity (Wildman–Crippen MR) is 54.1 cm³/mol. The number of nitrogens with zero attached hydrogens (tertiary/aromatic N) is 2. The maximum atomic E-state index is 11.6. The molecule has 5 nitrogen and oxygen atoms in total. The predicted octanol–water partition coefficient (Wildman–Crippen LogP) is -0.235. The highest BCUT2D eigenvalue weighted by atomic mass is 32.2. The number of fused-ring (bicyclic) bond motifs is 1. The van der Waals surface area contributed by atoms with E-state index in [-0.39, 0.29) is 6.54 Å². The van der Waals surface area contributed by atoms with Crippen molar-refractivity contribution in [3.63, 3.8) is 0 Å². The van der Waals surface area contributed by atoms with Gasteiger partial charge in [0.2, 0.25) is 10.4 Å². The molecule has 0 amide bonds. The van der Waals surface area contributed by atoms with E-state index in [1.54, 1.807) is 12.3 Å². The summed E-state index contributed by atoms with van der Waals surface area (Å²) in [4.78, 5) is 19.1. The number of carbonyl (C=O) groups excluding carboxylic acids is 1. The van der Waals surface area contributed by atoms with Gasteiger partial charge in [0.1, 0.15) is 5.36 Å². The summed E-state index contributed by atoms with van der Waals surface area (Å²) in [5, 5.41) is 0.684. The average Bonchev–Trinajstić information content (AvgIpc) is 2.74. The Morgan fingerprint density at radius 2 is 2.53 bits per heavy atom. The molecular weight excluding hydrogens is 216 g/mol. The Bertz CT molecular complexity index is 496. The minimum atomic E-state index is -0.987. The van der Waals surface area contributed by atoms with Gasteiger partial charge in [0, 0.05) is 6.07 Å². The van der Waals surface area contributed by atoms with E-state index in [1.165, 1.54) is 25.1 Å². The summed E-state index contributed by atoms with van der Waals surface area (Å²) >= 11 is 1.30. The number of hydrogen-bond acceptors (Lipinski definition) is 6. The molecule has 1 aromatic rings. The summed E-state index contributed by atoms with van der Waals surface area (Å²) in [6, 6.07) is 1.72. The Morgan fingerprint density at radius 1 is 1.73 bits per heavy atom. The van der Waals surface area contributed by atoms with Crippen molar-refractivity contribution < 1.29 is 13.9 Å².